The Bertz CT molecular complexity index is 1320. The van der Waals surface area contributed by atoms with Crippen LogP contribution in [0.3, 0.4) is 0 Å². The van der Waals surface area contributed by atoms with Gasteiger partial charge < -0.3 is 20.1 Å². The Balaban J connectivity index is 1.35. The number of anilines is 2. The Morgan fingerprint density at radius 2 is 1.80 bits per heavy atom. The Kier molecular flexibility index (Phi) is 6.32. The number of piperidine rings is 1. The third kappa shape index (κ3) is 4.94. The third-order valence-electron chi connectivity index (χ3n) is 6.87. The summed E-state index contributed by atoms with van der Waals surface area (Å²) in [5.41, 5.74) is 3.20. The number of hydrogen-bond donors (Lipinski definition) is 2. The SMILES string of the molecule is COc1nccc(-c2ccc(Nc3cc4nc(C(C)(O)C5CCN(C)CC5)ccc4cn3)cc2)n1. The first-order chi connectivity index (χ1) is 16.9. The number of methoxy groups -OCH3 is 1. The molecule has 1 unspecified atom stereocenters. The van der Waals surface area contributed by atoms with Gasteiger partial charge in [-0.05, 0) is 76.2 Å². The molecule has 0 saturated carbocycles. The van der Waals surface area contributed by atoms with E-state index in [0.29, 0.717) is 17.5 Å². The molecule has 1 aromatic carbocycles. The number of pyridine rings is 2. The van der Waals surface area contributed by atoms with Crippen molar-refractivity contribution in [1.29, 1.82) is 0 Å². The second kappa shape index (κ2) is 9.56. The molecule has 4 heterocycles. The number of nitrogens with one attached hydrogen (secondary N) is 1. The first kappa shape index (κ1) is 23.1. The fourth-order valence-electron chi connectivity index (χ4n) is 4.62. The normalized spacial score (nSPS) is 16.7. The van der Waals surface area contributed by atoms with Crippen molar-refractivity contribution in [3.8, 4) is 17.3 Å². The molecule has 1 saturated heterocycles. The van der Waals surface area contributed by atoms with Crippen LogP contribution in [-0.4, -0.2) is 57.2 Å². The Morgan fingerprint density at radius 1 is 1.03 bits per heavy atom. The van der Waals surface area contributed by atoms with Gasteiger partial charge in [-0.2, -0.15) is 4.98 Å². The fraction of sp³-hybridized carbons (Fsp3) is 0.333. The molecule has 1 atom stereocenters. The minimum atomic E-state index is -0.966. The molecule has 0 bridgehead atoms. The van der Waals surface area contributed by atoms with Crippen LogP contribution in [0, 0.1) is 5.92 Å². The van der Waals surface area contributed by atoms with Gasteiger partial charge in [-0.25, -0.2) is 15.0 Å². The molecular weight excluding hydrogens is 440 g/mol. The van der Waals surface area contributed by atoms with Crippen LogP contribution in [0.2, 0.25) is 0 Å². The first-order valence-corrected chi connectivity index (χ1v) is 11.8. The standard InChI is InChI=1S/C27H30N6O2/c1-27(34,20-11-14-33(2)15-12-20)24-9-6-19-17-29-25(16-23(19)31-24)30-21-7-4-18(5-8-21)22-10-13-28-26(32-22)35-3/h4-10,13,16-17,20,34H,11-12,14-15H2,1-3H3,(H,29,30). The van der Waals surface area contributed by atoms with E-state index in [1.54, 1.807) is 19.5 Å². The number of likely N-dealkylation sites (tertiary alicyclic amines) is 1. The topological polar surface area (TPSA) is 96.3 Å². The molecule has 35 heavy (non-hydrogen) atoms. The molecule has 8 heteroatoms. The van der Waals surface area contributed by atoms with Gasteiger partial charge in [0, 0.05) is 35.1 Å². The van der Waals surface area contributed by atoms with Crippen molar-refractivity contribution in [2.75, 3.05) is 32.6 Å². The maximum atomic E-state index is 11.4. The van der Waals surface area contributed by atoms with Gasteiger partial charge in [0.15, 0.2) is 0 Å². The second-order valence-corrected chi connectivity index (χ2v) is 9.31. The average Bonchev–Trinajstić information content (AvgIpc) is 2.89. The Morgan fingerprint density at radius 3 is 2.54 bits per heavy atom. The molecule has 180 valence electrons. The van der Waals surface area contributed by atoms with Crippen LogP contribution in [0.15, 0.2) is 60.9 Å². The minimum absolute atomic E-state index is 0.191. The van der Waals surface area contributed by atoms with Gasteiger partial charge >= 0.3 is 6.01 Å². The Labute approximate surface area is 205 Å². The van der Waals surface area contributed by atoms with Crippen molar-refractivity contribution < 1.29 is 9.84 Å². The number of nitrogens with zero attached hydrogens (tertiary/aromatic N) is 5. The molecule has 2 N–H and O–H groups in total. The van der Waals surface area contributed by atoms with Crippen LogP contribution in [0.1, 0.15) is 25.5 Å². The highest BCUT2D eigenvalue weighted by atomic mass is 16.5. The van der Waals surface area contributed by atoms with E-state index < -0.39 is 5.60 Å². The molecule has 1 aliphatic rings. The van der Waals surface area contributed by atoms with E-state index in [1.165, 1.54) is 0 Å². The van der Waals surface area contributed by atoms with Crippen LogP contribution >= 0.6 is 0 Å². The third-order valence-corrected chi connectivity index (χ3v) is 6.87. The number of rotatable bonds is 6. The highest BCUT2D eigenvalue weighted by molar-refractivity contribution is 5.81. The molecule has 1 fully saturated rings. The summed E-state index contributed by atoms with van der Waals surface area (Å²) < 4.78 is 5.12. The zero-order valence-electron chi connectivity index (χ0n) is 20.3. The summed E-state index contributed by atoms with van der Waals surface area (Å²) in [5, 5.41) is 15.7. The van der Waals surface area contributed by atoms with E-state index in [-0.39, 0.29) is 5.92 Å². The van der Waals surface area contributed by atoms with E-state index in [2.05, 4.69) is 32.2 Å². The van der Waals surface area contributed by atoms with Crippen LogP contribution < -0.4 is 10.1 Å². The summed E-state index contributed by atoms with van der Waals surface area (Å²) >= 11 is 0. The maximum Gasteiger partial charge on any atom is 0.316 e. The molecule has 3 aromatic heterocycles. The lowest BCUT2D eigenvalue weighted by Gasteiger charge is -2.38. The smallest absolute Gasteiger partial charge is 0.316 e. The van der Waals surface area contributed by atoms with Gasteiger partial charge in [-0.15, -0.1) is 0 Å². The lowest BCUT2D eigenvalue weighted by molar-refractivity contribution is -0.0334. The summed E-state index contributed by atoms with van der Waals surface area (Å²) in [4.78, 5) is 20.1. The Hall–Kier alpha value is -3.62. The molecule has 8 nitrogen and oxygen atoms in total. The lowest BCUT2D eigenvalue weighted by atomic mass is 9.79. The van der Waals surface area contributed by atoms with Gasteiger partial charge in [-0.1, -0.05) is 12.1 Å². The number of aliphatic hydroxyl groups is 1. The number of ether oxygens (including phenoxy) is 1. The predicted molar refractivity (Wildman–Crippen MR) is 137 cm³/mol. The van der Waals surface area contributed by atoms with Gasteiger partial charge in [0.05, 0.1) is 24.0 Å². The van der Waals surface area contributed by atoms with Gasteiger partial charge in [-0.3, -0.25) is 0 Å². The predicted octanol–water partition coefficient (Wildman–Crippen LogP) is 4.39. The molecule has 0 radical (unpaired) electrons. The monoisotopic (exact) mass is 470 g/mol. The molecule has 1 aliphatic heterocycles. The van der Waals surface area contributed by atoms with Crippen molar-refractivity contribution in [3.63, 3.8) is 0 Å². The number of aromatic nitrogens is 4. The summed E-state index contributed by atoms with van der Waals surface area (Å²) in [6.07, 6.45) is 5.41. The summed E-state index contributed by atoms with van der Waals surface area (Å²) in [5.74, 6) is 0.883. The van der Waals surface area contributed by atoms with Gasteiger partial charge in [0.1, 0.15) is 11.4 Å². The van der Waals surface area contributed by atoms with E-state index in [1.807, 2.05) is 55.5 Å². The largest absolute Gasteiger partial charge is 0.467 e. The molecule has 5 rings (SSSR count). The van der Waals surface area contributed by atoms with Crippen LogP contribution in [0.4, 0.5) is 11.5 Å². The first-order valence-electron chi connectivity index (χ1n) is 11.8. The van der Waals surface area contributed by atoms with Crippen molar-refractivity contribution in [3.05, 3.63) is 66.6 Å². The zero-order chi connectivity index (χ0) is 24.4. The highest BCUT2D eigenvalue weighted by Crippen LogP contribution is 2.36. The summed E-state index contributed by atoms with van der Waals surface area (Å²) in [7, 11) is 3.68. The fourth-order valence-corrected chi connectivity index (χ4v) is 4.62. The summed E-state index contributed by atoms with van der Waals surface area (Å²) in [6, 6.07) is 16.0. The quantitative estimate of drug-likeness (QED) is 0.428. The van der Waals surface area contributed by atoms with Crippen LogP contribution in [0.5, 0.6) is 6.01 Å². The van der Waals surface area contributed by atoms with E-state index >= 15 is 0 Å². The minimum Gasteiger partial charge on any atom is -0.467 e. The van der Waals surface area contributed by atoms with Crippen molar-refractivity contribution >= 4 is 22.4 Å². The van der Waals surface area contributed by atoms with E-state index in [0.717, 1.165) is 53.8 Å². The summed E-state index contributed by atoms with van der Waals surface area (Å²) in [6.45, 7) is 3.89. The molecular formula is C27H30N6O2. The van der Waals surface area contributed by atoms with Crippen LogP contribution in [-0.2, 0) is 5.60 Å². The van der Waals surface area contributed by atoms with E-state index in [4.69, 9.17) is 9.72 Å². The molecule has 0 aliphatic carbocycles. The van der Waals surface area contributed by atoms with E-state index in [9.17, 15) is 5.11 Å². The van der Waals surface area contributed by atoms with Crippen molar-refractivity contribution in [2.45, 2.75) is 25.4 Å². The molecule has 0 spiro atoms. The second-order valence-electron chi connectivity index (χ2n) is 9.31. The van der Waals surface area contributed by atoms with Crippen molar-refractivity contribution in [1.82, 2.24) is 24.8 Å². The number of benzene rings is 1. The number of hydrogen-bond acceptors (Lipinski definition) is 8. The lowest BCUT2D eigenvalue weighted by Crippen LogP contribution is -2.41. The number of fused-ring (bicyclic) bond motifs is 1. The average molecular weight is 471 g/mol. The van der Waals surface area contributed by atoms with Crippen LogP contribution in [0.25, 0.3) is 22.2 Å². The zero-order valence-corrected chi connectivity index (χ0v) is 20.3. The van der Waals surface area contributed by atoms with Gasteiger partial charge in [0.2, 0.25) is 0 Å². The molecule has 4 aromatic rings. The van der Waals surface area contributed by atoms with Crippen molar-refractivity contribution in [2.24, 2.45) is 5.92 Å². The maximum absolute atomic E-state index is 11.4. The van der Waals surface area contributed by atoms with Gasteiger partial charge in [0.25, 0.3) is 0 Å². The highest BCUT2D eigenvalue weighted by Gasteiger charge is 2.36. The molecule has 0 amide bonds.